The summed E-state index contributed by atoms with van der Waals surface area (Å²) < 4.78 is 82.8. The summed E-state index contributed by atoms with van der Waals surface area (Å²) in [6.45, 7) is 2.39. The summed E-state index contributed by atoms with van der Waals surface area (Å²) >= 11 is 0. The fourth-order valence-corrected chi connectivity index (χ4v) is 5.79. The second-order valence-corrected chi connectivity index (χ2v) is 10.5. The minimum atomic E-state index is -4.45. The molecule has 0 N–H and O–H groups in total. The van der Waals surface area contributed by atoms with Gasteiger partial charge in [0.2, 0.25) is 0 Å². The van der Waals surface area contributed by atoms with Crippen LogP contribution in [0.4, 0.5) is 18.9 Å². The molecule has 0 bridgehead atoms. The number of nitrogens with zero attached hydrogens (tertiary/aromatic N) is 1. The number of methoxy groups -OCH3 is 1. The van der Waals surface area contributed by atoms with E-state index in [0.29, 0.717) is 24.5 Å². The SMILES string of the molecule is CCOc1ccc2c(c1)N(S(=O)(=O)c1ccc(Oc3ccc(C(F)(F)F)cc3)cc1)CC2CCC(=O)OC. The second kappa shape index (κ2) is 10.9. The predicted octanol–water partition coefficient (Wildman–Crippen LogP) is 6.14. The topological polar surface area (TPSA) is 82.1 Å². The van der Waals surface area contributed by atoms with Crippen LogP contribution in [0.5, 0.6) is 17.2 Å². The Morgan fingerprint density at radius 3 is 2.16 bits per heavy atom. The number of ether oxygens (including phenoxy) is 3. The van der Waals surface area contributed by atoms with E-state index in [-0.39, 0.29) is 41.2 Å². The molecule has 202 valence electrons. The number of benzene rings is 3. The van der Waals surface area contributed by atoms with E-state index in [2.05, 4.69) is 0 Å². The number of alkyl halides is 3. The van der Waals surface area contributed by atoms with Gasteiger partial charge in [-0.15, -0.1) is 0 Å². The van der Waals surface area contributed by atoms with Crippen molar-refractivity contribution in [1.29, 1.82) is 0 Å². The number of rotatable bonds is 9. The largest absolute Gasteiger partial charge is 0.494 e. The maximum absolute atomic E-state index is 13.7. The minimum Gasteiger partial charge on any atom is -0.494 e. The number of anilines is 1. The molecule has 3 aromatic rings. The smallest absolute Gasteiger partial charge is 0.416 e. The van der Waals surface area contributed by atoms with Gasteiger partial charge in [-0.25, -0.2) is 8.42 Å². The van der Waals surface area contributed by atoms with Crippen LogP contribution in [-0.4, -0.2) is 34.6 Å². The van der Waals surface area contributed by atoms with Crippen LogP contribution >= 0.6 is 0 Å². The Morgan fingerprint density at radius 1 is 0.974 bits per heavy atom. The molecule has 0 aliphatic carbocycles. The molecular weight excluding hydrogens is 523 g/mol. The first kappa shape index (κ1) is 27.3. The number of carbonyl (C=O) groups excluding carboxylic acids is 1. The van der Waals surface area contributed by atoms with Crippen LogP contribution < -0.4 is 13.8 Å². The average molecular weight is 550 g/mol. The molecule has 0 amide bonds. The summed E-state index contributed by atoms with van der Waals surface area (Å²) in [5.41, 5.74) is 0.480. The van der Waals surface area contributed by atoms with E-state index >= 15 is 0 Å². The van der Waals surface area contributed by atoms with Gasteiger partial charge in [-0.3, -0.25) is 9.10 Å². The number of halogens is 3. The Morgan fingerprint density at radius 2 is 1.58 bits per heavy atom. The minimum absolute atomic E-state index is 0.0126. The maximum Gasteiger partial charge on any atom is 0.416 e. The van der Waals surface area contributed by atoms with Crippen molar-refractivity contribution in [3.05, 3.63) is 77.9 Å². The van der Waals surface area contributed by atoms with Gasteiger partial charge in [0.1, 0.15) is 17.2 Å². The third-order valence-electron chi connectivity index (χ3n) is 6.16. The Hall–Kier alpha value is -3.73. The van der Waals surface area contributed by atoms with Crippen molar-refractivity contribution in [1.82, 2.24) is 0 Å². The van der Waals surface area contributed by atoms with Gasteiger partial charge in [-0.05, 0) is 73.5 Å². The lowest BCUT2D eigenvalue weighted by Crippen LogP contribution is -2.30. The molecule has 4 rings (SSSR count). The second-order valence-electron chi connectivity index (χ2n) is 8.60. The third-order valence-corrected chi connectivity index (χ3v) is 7.96. The molecule has 1 aliphatic rings. The van der Waals surface area contributed by atoms with Crippen LogP contribution in [0.2, 0.25) is 0 Å². The molecule has 0 saturated carbocycles. The maximum atomic E-state index is 13.7. The lowest BCUT2D eigenvalue weighted by atomic mass is 9.96. The van der Waals surface area contributed by atoms with Crippen LogP contribution in [-0.2, 0) is 25.7 Å². The first-order valence-electron chi connectivity index (χ1n) is 11.8. The molecule has 1 aliphatic heterocycles. The van der Waals surface area contributed by atoms with Crippen molar-refractivity contribution in [2.75, 3.05) is 24.6 Å². The van der Waals surface area contributed by atoms with E-state index in [1.165, 1.54) is 47.8 Å². The standard InChI is InChI=1S/C27H26F3NO6S/c1-3-36-22-11-14-24-18(4-15-26(32)35-2)17-31(25(24)16-22)38(33,34)23-12-9-21(10-13-23)37-20-7-5-19(6-8-20)27(28,29)30/h5-14,16,18H,3-4,15,17H2,1-2H3. The van der Waals surface area contributed by atoms with Crippen LogP contribution in [0.15, 0.2) is 71.6 Å². The highest BCUT2D eigenvalue weighted by Gasteiger charge is 2.37. The van der Waals surface area contributed by atoms with Crippen LogP contribution in [0.3, 0.4) is 0 Å². The molecule has 3 aromatic carbocycles. The third kappa shape index (κ3) is 5.88. The molecule has 0 radical (unpaired) electrons. The fourth-order valence-electron chi connectivity index (χ4n) is 4.26. The van der Waals surface area contributed by atoms with Crippen molar-refractivity contribution >= 4 is 21.7 Å². The van der Waals surface area contributed by atoms with Gasteiger partial charge in [0.05, 0.1) is 29.9 Å². The molecule has 0 spiro atoms. The van der Waals surface area contributed by atoms with Gasteiger partial charge < -0.3 is 14.2 Å². The van der Waals surface area contributed by atoms with Crippen molar-refractivity contribution in [2.45, 2.75) is 36.8 Å². The molecule has 11 heteroatoms. The van der Waals surface area contributed by atoms with Crippen LogP contribution in [0.25, 0.3) is 0 Å². The number of esters is 1. The van der Waals surface area contributed by atoms with Gasteiger partial charge in [0.15, 0.2) is 0 Å². The van der Waals surface area contributed by atoms with E-state index in [1.54, 1.807) is 12.1 Å². The van der Waals surface area contributed by atoms with E-state index in [9.17, 15) is 26.4 Å². The summed E-state index contributed by atoms with van der Waals surface area (Å²) in [6, 6.07) is 15.1. The lowest BCUT2D eigenvalue weighted by Gasteiger charge is -2.21. The molecule has 0 aromatic heterocycles. The van der Waals surface area contributed by atoms with E-state index < -0.39 is 21.8 Å². The van der Waals surface area contributed by atoms with Crippen molar-refractivity contribution in [3.8, 4) is 17.2 Å². The van der Waals surface area contributed by atoms with Gasteiger partial charge >= 0.3 is 12.1 Å². The highest BCUT2D eigenvalue weighted by Crippen LogP contribution is 2.43. The number of carbonyl (C=O) groups is 1. The fraction of sp³-hybridized carbons (Fsp3) is 0.296. The lowest BCUT2D eigenvalue weighted by molar-refractivity contribution is -0.141. The van der Waals surface area contributed by atoms with Gasteiger partial charge in [0, 0.05) is 24.9 Å². The monoisotopic (exact) mass is 549 g/mol. The summed E-state index contributed by atoms with van der Waals surface area (Å²) in [7, 11) is -2.68. The van der Waals surface area contributed by atoms with E-state index in [1.807, 2.05) is 13.0 Å². The quantitative estimate of drug-likeness (QED) is 0.298. The Balaban J connectivity index is 1.56. The number of fused-ring (bicyclic) bond motifs is 1. The zero-order valence-corrected chi connectivity index (χ0v) is 21.5. The molecule has 38 heavy (non-hydrogen) atoms. The van der Waals surface area contributed by atoms with Crippen LogP contribution in [0, 0.1) is 0 Å². The Kier molecular flexibility index (Phi) is 7.86. The van der Waals surface area contributed by atoms with Crippen molar-refractivity contribution in [2.24, 2.45) is 0 Å². The molecule has 1 heterocycles. The van der Waals surface area contributed by atoms with Crippen LogP contribution in [0.1, 0.15) is 36.8 Å². The Bertz CT molecular complexity index is 1390. The summed E-state index contributed by atoms with van der Waals surface area (Å²) in [5.74, 6) is 0.388. The number of hydrogen-bond donors (Lipinski definition) is 0. The normalized spacial score (nSPS) is 15.2. The van der Waals surface area contributed by atoms with Gasteiger partial charge in [0.25, 0.3) is 10.0 Å². The van der Waals surface area contributed by atoms with Crippen molar-refractivity contribution < 1.29 is 40.6 Å². The number of sulfonamides is 1. The highest BCUT2D eigenvalue weighted by atomic mass is 32.2. The van der Waals surface area contributed by atoms with Gasteiger partial charge in [-0.2, -0.15) is 13.2 Å². The molecule has 0 saturated heterocycles. The van der Waals surface area contributed by atoms with Crippen molar-refractivity contribution in [3.63, 3.8) is 0 Å². The molecular formula is C27H26F3NO6S. The summed E-state index contributed by atoms with van der Waals surface area (Å²) in [6.07, 6.45) is -3.89. The zero-order chi connectivity index (χ0) is 27.5. The number of hydrogen-bond acceptors (Lipinski definition) is 6. The van der Waals surface area contributed by atoms with E-state index in [0.717, 1.165) is 17.7 Å². The average Bonchev–Trinajstić information content (AvgIpc) is 3.26. The molecule has 0 fully saturated rings. The molecule has 1 atom stereocenters. The zero-order valence-electron chi connectivity index (χ0n) is 20.7. The first-order valence-corrected chi connectivity index (χ1v) is 13.3. The van der Waals surface area contributed by atoms with E-state index in [4.69, 9.17) is 14.2 Å². The highest BCUT2D eigenvalue weighted by molar-refractivity contribution is 7.92. The summed E-state index contributed by atoms with van der Waals surface area (Å²) in [5, 5.41) is 0. The molecule has 7 nitrogen and oxygen atoms in total. The first-order chi connectivity index (χ1) is 18.0. The molecule has 1 unspecified atom stereocenters. The van der Waals surface area contributed by atoms with Gasteiger partial charge in [-0.1, -0.05) is 6.07 Å². The Labute approximate surface area is 218 Å². The summed E-state index contributed by atoms with van der Waals surface area (Å²) in [4.78, 5) is 11.7. The predicted molar refractivity (Wildman–Crippen MR) is 134 cm³/mol.